The van der Waals surface area contributed by atoms with E-state index < -0.39 is 11.9 Å². The number of H-pyrrole nitrogens is 1. The SMILES string of the molecule is O=C(c1ccncc1Cl)N1CCC[C@@H](c2ncc(C(F)(F)F)[nH]2)C1. The lowest BCUT2D eigenvalue weighted by atomic mass is 9.97. The normalized spacial score (nSPS) is 18.7. The lowest BCUT2D eigenvalue weighted by Gasteiger charge is -2.32. The summed E-state index contributed by atoms with van der Waals surface area (Å²) in [6.45, 7) is 0.823. The molecule has 0 saturated carbocycles. The van der Waals surface area contributed by atoms with Crippen molar-refractivity contribution < 1.29 is 18.0 Å². The van der Waals surface area contributed by atoms with Crippen LogP contribution in [0.5, 0.6) is 0 Å². The van der Waals surface area contributed by atoms with E-state index in [1.165, 1.54) is 18.5 Å². The summed E-state index contributed by atoms with van der Waals surface area (Å²) in [6.07, 6.45) is 0.538. The summed E-state index contributed by atoms with van der Waals surface area (Å²) in [4.78, 5) is 24.2. The molecule has 0 spiro atoms. The van der Waals surface area contributed by atoms with Crippen molar-refractivity contribution in [2.24, 2.45) is 0 Å². The molecule has 2 aromatic heterocycles. The zero-order valence-corrected chi connectivity index (χ0v) is 13.2. The predicted octanol–water partition coefficient (Wildman–Crippen LogP) is 3.50. The Bertz CT molecular complexity index is 746. The third-order valence-electron chi connectivity index (χ3n) is 4.00. The van der Waals surface area contributed by atoms with Crippen molar-refractivity contribution in [2.45, 2.75) is 24.9 Å². The molecule has 3 heterocycles. The number of amides is 1. The monoisotopic (exact) mass is 358 g/mol. The fraction of sp³-hybridized carbons (Fsp3) is 0.400. The van der Waals surface area contributed by atoms with Gasteiger partial charge in [-0.3, -0.25) is 9.78 Å². The Labute approximate surface area is 140 Å². The van der Waals surface area contributed by atoms with Gasteiger partial charge in [-0.05, 0) is 18.9 Å². The molecular weight excluding hydrogens is 345 g/mol. The molecule has 3 rings (SSSR count). The maximum Gasteiger partial charge on any atom is 0.432 e. The van der Waals surface area contributed by atoms with Gasteiger partial charge in [0.05, 0.1) is 16.8 Å². The van der Waals surface area contributed by atoms with Gasteiger partial charge in [-0.2, -0.15) is 13.2 Å². The summed E-state index contributed by atoms with van der Waals surface area (Å²) >= 11 is 5.99. The van der Waals surface area contributed by atoms with Crippen LogP contribution in [0.25, 0.3) is 0 Å². The fourth-order valence-electron chi connectivity index (χ4n) is 2.79. The largest absolute Gasteiger partial charge is 0.432 e. The Morgan fingerprint density at radius 1 is 1.38 bits per heavy atom. The minimum absolute atomic E-state index is 0.251. The lowest BCUT2D eigenvalue weighted by Crippen LogP contribution is -2.39. The highest BCUT2D eigenvalue weighted by Crippen LogP contribution is 2.31. The maximum atomic E-state index is 12.7. The van der Waals surface area contributed by atoms with E-state index in [2.05, 4.69) is 15.0 Å². The molecule has 1 atom stereocenters. The minimum Gasteiger partial charge on any atom is -0.338 e. The van der Waals surface area contributed by atoms with Crippen LogP contribution in [0.15, 0.2) is 24.7 Å². The molecule has 1 aliphatic rings. The number of likely N-dealkylation sites (tertiary alicyclic amines) is 1. The number of imidazole rings is 1. The number of carbonyl (C=O) groups excluding carboxylic acids is 1. The van der Waals surface area contributed by atoms with Crippen LogP contribution in [0.3, 0.4) is 0 Å². The van der Waals surface area contributed by atoms with Crippen LogP contribution in [0.1, 0.15) is 40.6 Å². The first-order chi connectivity index (χ1) is 11.4. The fourth-order valence-corrected chi connectivity index (χ4v) is 2.99. The number of halogens is 4. The second-order valence-corrected chi connectivity index (χ2v) is 6.03. The van der Waals surface area contributed by atoms with Crippen LogP contribution in [-0.4, -0.2) is 38.8 Å². The average Bonchev–Trinajstić information content (AvgIpc) is 3.05. The smallest absolute Gasteiger partial charge is 0.338 e. The number of hydrogen-bond donors (Lipinski definition) is 1. The van der Waals surface area contributed by atoms with Gasteiger partial charge in [0.1, 0.15) is 11.5 Å². The van der Waals surface area contributed by atoms with E-state index in [0.29, 0.717) is 31.5 Å². The molecule has 0 aromatic carbocycles. The van der Waals surface area contributed by atoms with E-state index in [4.69, 9.17) is 11.6 Å². The number of nitrogens with zero attached hydrogens (tertiary/aromatic N) is 3. The topological polar surface area (TPSA) is 61.9 Å². The van der Waals surface area contributed by atoms with Gasteiger partial charge in [-0.25, -0.2) is 4.98 Å². The summed E-state index contributed by atoms with van der Waals surface area (Å²) < 4.78 is 38.0. The number of alkyl halides is 3. The summed E-state index contributed by atoms with van der Waals surface area (Å²) in [7, 11) is 0. The van der Waals surface area contributed by atoms with E-state index in [9.17, 15) is 18.0 Å². The number of rotatable bonds is 2. The van der Waals surface area contributed by atoms with Crippen molar-refractivity contribution in [3.8, 4) is 0 Å². The van der Waals surface area contributed by atoms with Crippen molar-refractivity contribution in [3.05, 3.63) is 46.8 Å². The van der Waals surface area contributed by atoms with Gasteiger partial charge < -0.3 is 9.88 Å². The molecule has 1 fully saturated rings. The van der Waals surface area contributed by atoms with Crippen LogP contribution in [0.2, 0.25) is 5.02 Å². The van der Waals surface area contributed by atoms with Crippen LogP contribution < -0.4 is 0 Å². The van der Waals surface area contributed by atoms with Crippen LogP contribution in [-0.2, 0) is 6.18 Å². The average molecular weight is 359 g/mol. The minimum atomic E-state index is -4.46. The molecule has 1 saturated heterocycles. The first-order valence-corrected chi connectivity index (χ1v) is 7.75. The Hall–Kier alpha value is -2.09. The maximum absolute atomic E-state index is 12.7. The van der Waals surface area contributed by atoms with Gasteiger partial charge in [0, 0.05) is 31.4 Å². The molecular formula is C15H14ClF3N4O. The molecule has 2 aromatic rings. The number of hydrogen-bond acceptors (Lipinski definition) is 3. The van der Waals surface area contributed by atoms with Crippen molar-refractivity contribution >= 4 is 17.5 Å². The Morgan fingerprint density at radius 3 is 2.83 bits per heavy atom. The number of nitrogens with one attached hydrogen (secondary N) is 1. The van der Waals surface area contributed by atoms with E-state index in [1.54, 1.807) is 4.90 Å². The molecule has 5 nitrogen and oxygen atoms in total. The van der Waals surface area contributed by atoms with Gasteiger partial charge in [0.25, 0.3) is 5.91 Å². The van der Waals surface area contributed by atoms with Crippen LogP contribution >= 0.6 is 11.6 Å². The Balaban J connectivity index is 1.76. The van der Waals surface area contributed by atoms with Crippen molar-refractivity contribution in [2.75, 3.05) is 13.1 Å². The van der Waals surface area contributed by atoms with E-state index in [-0.39, 0.29) is 22.7 Å². The summed E-state index contributed by atoms with van der Waals surface area (Å²) in [6, 6.07) is 1.53. The zero-order valence-electron chi connectivity index (χ0n) is 12.5. The molecule has 1 amide bonds. The predicted molar refractivity (Wildman–Crippen MR) is 80.7 cm³/mol. The van der Waals surface area contributed by atoms with E-state index >= 15 is 0 Å². The number of pyridine rings is 1. The highest BCUT2D eigenvalue weighted by atomic mass is 35.5. The number of carbonyl (C=O) groups is 1. The molecule has 1 N–H and O–H groups in total. The van der Waals surface area contributed by atoms with Gasteiger partial charge >= 0.3 is 6.18 Å². The van der Waals surface area contributed by atoms with Gasteiger partial charge in [0.2, 0.25) is 0 Å². The van der Waals surface area contributed by atoms with E-state index in [0.717, 1.165) is 6.20 Å². The summed E-state index contributed by atoms with van der Waals surface area (Å²) in [5.41, 5.74) is -0.541. The molecule has 9 heteroatoms. The van der Waals surface area contributed by atoms with Crippen molar-refractivity contribution in [1.29, 1.82) is 0 Å². The molecule has 24 heavy (non-hydrogen) atoms. The Kier molecular flexibility index (Phi) is 4.49. The highest BCUT2D eigenvalue weighted by Gasteiger charge is 2.35. The first-order valence-electron chi connectivity index (χ1n) is 7.37. The third-order valence-corrected chi connectivity index (χ3v) is 4.30. The Morgan fingerprint density at radius 2 is 2.17 bits per heavy atom. The second-order valence-electron chi connectivity index (χ2n) is 5.63. The second kappa shape index (κ2) is 6.43. The molecule has 0 bridgehead atoms. The molecule has 0 unspecified atom stereocenters. The number of aromatic nitrogens is 3. The summed E-state index contributed by atoms with van der Waals surface area (Å²) in [5, 5.41) is 0.252. The first kappa shape index (κ1) is 16.8. The highest BCUT2D eigenvalue weighted by molar-refractivity contribution is 6.33. The quantitative estimate of drug-likeness (QED) is 0.893. The lowest BCUT2D eigenvalue weighted by molar-refractivity contribution is -0.141. The number of piperidine rings is 1. The van der Waals surface area contributed by atoms with E-state index in [1.807, 2.05) is 0 Å². The van der Waals surface area contributed by atoms with Crippen LogP contribution in [0, 0.1) is 0 Å². The van der Waals surface area contributed by atoms with Gasteiger partial charge in [-0.15, -0.1) is 0 Å². The van der Waals surface area contributed by atoms with Crippen molar-refractivity contribution in [3.63, 3.8) is 0 Å². The van der Waals surface area contributed by atoms with Gasteiger partial charge in [0.15, 0.2) is 0 Å². The number of aromatic amines is 1. The van der Waals surface area contributed by atoms with Gasteiger partial charge in [-0.1, -0.05) is 11.6 Å². The molecule has 0 radical (unpaired) electrons. The molecule has 128 valence electrons. The molecule has 1 aliphatic heterocycles. The van der Waals surface area contributed by atoms with Crippen molar-refractivity contribution in [1.82, 2.24) is 19.9 Å². The zero-order chi connectivity index (χ0) is 17.3. The third kappa shape index (κ3) is 3.38. The van der Waals surface area contributed by atoms with Crippen LogP contribution in [0.4, 0.5) is 13.2 Å². The summed E-state index contributed by atoms with van der Waals surface area (Å²) in [5.74, 6) is -0.269. The molecule has 0 aliphatic carbocycles. The standard InChI is InChI=1S/C15H14ClF3N4O/c16-11-6-20-4-3-10(11)14(24)23-5-1-2-9(8-23)13-21-7-12(22-13)15(17,18)19/h3-4,6-7,9H,1-2,5,8H2,(H,21,22)/t9-/m1/s1.